The van der Waals surface area contributed by atoms with Gasteiger partial charge in [0, 0.05) is 6.54 Å². The minimum atomic E-state index is 0.695. The highest BCUT2D eigenvalue weighted by Crippen LogP contribution is 2.21. The lowest BCUT2D eigenvalue weighted by molar-refractivity contribution is 0.166. The molecule has 0 aliphatic carbocycles. The van der Waals surface area contributed by atoms with Gasteiger partial charge in [-0.25, -0.2) is 10.0 Å². The normalized spacial score (nSPS) is 16.5. The molecule has 1 aliphatic heterocycles. The van der Waals surface area contributed by atoms with Crippen molar-refractivity contribution in [2.45, 2.75) is 13.3 Å². The van der Waals surface area contributed by atoms with E-state index in [0.717, 1.165) is 31.0 Å². The molecule has 0 spiro atoms. The van der Waals surface area contributed by atoms with Crippen LogP contribution in [0, 0.1) is 6.92 Å². The molecule has 0 amide bonds. The Morgan fingerprint density at radius 1 is 1.62 bits per heavy atom. The molecule has 0 aromatic carbocycles. The fourth-order valence-corrected chi connectivity index (χ4v) is 1.46. The minimum Gasteiger partial charge on any atom is -0.397 e. The van der Waals surface area contributed by atoms with Crippen LogP contribution in [0.15, 0.2) is 12.3 Å². The van der Waals surface area contributed by atoms with Crippen LogP contribution in [0.3, 0.4) is 0 Å². The van der Waals surface area contributed by atoms with Crippen molar-refractivity contribution in [3.05, 3.63) is 17.8 Å². The summed E-state index contributed by atoms with van der Waals surface area (Å²) in [7, 11) is 0. The van der Waals surface area contributed by atoms with Crippen molar-refractivity contribution < 1.29 is 4.84 Å². The Balaban J connectivity index is 2.29. The second-order valence-electron chi connectivity index (χ2n) is 3.20. The van der Waals surface area contributed by atoms with Crippen molar-refractivity contribution >= 4 is 11.5 Å². The van der Waals surface area contributed by atoms with E-state index in [0.29, 0.717) is 5.69 Å². The highest BCUT2D eigenvalue weighted by molar-refractivity contribution is 5.51. The zero-order valence-corrected chi connectivity index (χ0v) is 7.66. The molecule has 0 saturated carbocycles. The minimum absolute atomic E-state index is 0.695. The van der Waals surface area contributed by atoms with Crippen LogP contribution < -0.4 is 10.8 Å². The van der Waals surface area contributed by atoms with Gasteiger partial charge in [-0.2, -0.15) is 0 Å². The Morgan fingerprint density at radius 2 is 2.46 bits per heavy atom. The number of nitrogens with two attached hydrogens (primary N) is 1. The average Bonchev–Trinajstić information content (AvgIpc) is 2.56. The number of hydroxylamine groups is 1. The van der Waals surface area contributed by atoms with Gasteiger partial charge in [0.05, 0.1) is 18.5 Å². The lowest BCUT2D eigenvalue weighted by Crippen LogP contribution is -2.18. The fraction of sp³-hybridized carbons (Fsp3) is 0.444. The zero-order chi connectivity index (χ0) is 9.26. The maximum absolute atomic E-state index is 5.60. The summed E-state index contributed by atoms with van der Waals surface area (Å²) in [4.78, 5) is 9.63. The quantitative estimate of drug-likeness (QED) is 0.701. The maximum Gasteiger partial charge on any atom is 0.155 e. The van der Waals surface area contributed by atoms with Crippen LogP contribution in [-0.4, -0.2) is 18.1 Å². The van der Waals surface area contributed by atoms with E-state index in [1.54, 1.807) is 6.20 Å². The number of nitrogens with zero attached hydrogens (tertiary/aromatic N) is 2. The Kier molecular flexibility index (Phi) is 2.06. The first-order valence-electron chi connectivity index (χ1n) is 4.40. The van der Waals surface area contributed by atoms with Gasteiger partial charge in [0.15, 0.2) is 5.82 Å². The number of pyridine rings is 1. The van der Waals surface area contributed by atoms with Crippen LogP contribution in [0.1, 0.15) is 12.0 Å². The summed E-state index contributed by atoms with van der Waals surface area (Å²) in [6, 6.07) is 1.91. The average molecular weight is 179 g/mol. The van der Waals surface area contributed by atoms with Crippen LogP contribution in [0.5, 0.6) is 0 Å². The van der Waals surface area contributed by atoms with Crippen molar-refractivity contribution in [1.82, 2.24) is 4.98 Å². The molecule has 13 heavy (non-hydrogen) atoms. The van der Waals surface area contributed by atoms with Crippen LogP contribution in [0.2, 0.25) is 0 Å². The van der Waals surface area contributed by atoms with E-state index in [-0.39, 0.29) is 0 Å². The molecule has 1 fully saturated rings. The summed E-state index contributed by atoms with van der Waals surface area (Å²) in [6.45, 7) is 3.68. The predicted molar refractivity (Wildman–Crippen MR) is 51.3 cm³/mol. The van der Waals surface area contributed by atoms with Gasteiger partial charge in [0.2, 0.25) is 0 Å². The number of aromatic nitrogens is 1. The van der Waals surface area contributed by atoms with Gasteiger partial charge >= 0.3 is 0 Å². The van der Waals surface area contributed by atoms with Gasteiger partial charge < -0.3 is 5.73 Å². The lowest BCUT2D eigenvalue weighted by atomic mass is 10.2. The Morgan fingerprint density at radius 3 is 3.08 bits per heavy atom. The molecule has 1 aromatic rings. The van der Waals surface area contributed by atoms with E-state index >= 15 is 0 Å². The highest BCUT2D eigenvalue weighted by Gasteiger charge is 2.16. The van der Waals surface area contributed by atoms with Gasteiger partial charge in [-0.3, -0.25) is 4.84 Å². The molecule has 4 nitrogen and oxygen atoms in total. The third kappa shape index (κ3) is 1.58. The summed E-state index contributed by atoms with van der Waals surface area (Å²) in [6.07, 6.45) is 2.72. The van der Waals surface area contributed by atoms with Crippen LogP contribution in [0.25, 0.3) is 0 Å². The molecular weight excluding hydrogens is 166 g/mol. The predicted octanol–water partition coefficient (Wildman–Crippen LogP) is 1.11. The van der Waals surface area contributed by atoms with Crippen LogP contribution >= 0.6 is 0 Å². The van der Waals surface area contributed by atoms with Gasteiger partial charge in [-0.1, -0.05) is 0 Å². The zero-order valence-electron chi connectivity index (χ0n) is 7.66. The molecule has 1 aliphatic rings. The largest absolute Gasteiger partial charge is 0.397 e. The first kappa shape index (κ1) is 8.31. The number of hydrogen-bond donors (Lipinski definition) is 1. The Labute approximate surface area is 77.3 Å². The first-order valence-corrected chi connectivity index (χ1v) is 4.40. The second-order valence-corrected chi connectivity index (χ2v) is 3.20. The number of anilines is 2. The summed E-state index contributed by atoms with van der Waals surface area (Å²) in [5.74, 6) is 0.881. The standard InChI is InChI=1S/C9H13N3O/c1-7-5-8(10)6-11-9(7)12-3-2-4-13-12/h5-6H,2-4,10H2,1H3. The molecule has 0 atom stereocenters. The molecule has 0 bridgehead atoms. The first-order chi connectivity index (χ1) is 6.27. The third-order valence-corrected chi connectivity index (χ3v) is 2.06. The van der Waals surface area contributed by atoms with E-state index in [1.165, 1.54) is 0 Å². The SMILES string of the molecule is Cc1cc(N)cnc1N1CCCO1. The molecular formula is C9H13N3O. The number of hydrogen-bond acceptors (Lipinski definition) is 4. The summed E-state index contributed by atoms with van der Waals surface area (Å²) in [5, 5.41) is 1.83. The second kappa shape index (κ2) is 3.22. The van der Waals surface area contributed by atoms with Crippen LogP contribution in [0.4, 0.5) is 11.5 Å². The summed E-state index contributed by atoms with van der Waals surface area (Å²) >= 11 is 0. The number of aryl methyl sites for hydroxylation is 1. The molecule has 1 saturated heterocycles. The molecule has 1 aromatic heterocycles. The maximum atomic E-state index is 5.60. The van der Waals surface area contributed by atoms with E-state index in [1.807, 2.05) is 18.1 Å². The third-order valence-electron chi connectivity index (χ3n) is 2.06. The lowest BCUT2D eigenvalue weighted by Gasteiger charge is -2.16. The van der Waals surface area contributed by atoms with E-state index in [9.17, 15) is 0 Å². The van der Waals surface area contributed by atoms with Gasteiger partial charge in [0.25, 0.3) is 0 Å². The smallest absolute Gasteiger partial charge is 0.155 e. The van der Waals surface area contributed by atoms with Gasteiger partial charge in [-0.15, -0.1) is 0 Å². The molecule has 2 N–H and O–H groups in total. The molecule has 2 heterocycles. The van der Waals surface area contributed by atoms with Crippen molar-refractivity contribution in [2.24, 2.45) is 0 Å². The fourth-order valence-electron chi connectivity index (χ4n) is 1.46. The molecule has 70 valence electrons. The topological polar surface area (TPSA) is 51.4 Å². The highest BCUT2D eigenvalue weighted by atomic mass is 16.7. The van der Waals surface area contributed by atoms with E-state index in [2.05, 4.69) is 4.98 Å². The Bertz CT molecular complexity index is 308. The molecule has 4 heteroatoms. The summed E-state index contributed by atoms with van der Waals surface area (Å²) < 4.78 is 0. The molecule has 0 radical (unpaired) electrons. The van der Waals surface area contributed by atoms with E-state index < -0.39 is 0 Å². The van der Waals surface area contributed by atoms with Crippen LogP contribution in [-0.2, 0) is 4.84 Å². The monoisotopic (exact) mass is 179 g/mol. The van der Waals surface area contributed by atoms with Crippen molar-refractivity contribution in [3.63, 3.8) is 0 Å². The van der Waals surface area contributed by atoms with Crippen molar-refractivity contribution in [1.29, 1.82) is 0 Å². The van der Waals surface area contributed by atoms with Crippen molar-refractivity contribution in [3.8, 4) is 0 Å². The van der Waals surface area contributed by atoms with E-state index in [4.69, 9.17) is 10.6 Å². The Hall–Kier alpha value is -1.29. The van der Waals surface area contributed by atoms with Gasteiger partial charge in [0.1, 0.15) is 0 Å². The number of rotatable bonds is 1. The van der Waals surface area contributed by atoms with Crippen molar-refractivity contribution in [2.75, 3.05) is 23.9 Å². The molecule has 0 unspecified atom stereocenters. The van der Waals surface area contributed by atoms with Gasteiger partial charge in [-0.05, 0) is 25.0 Å². The number of nitrogen functional groups attached to an aromatic ring is 1. The molecule has 2 rings (SSSR count). The summed E-state index contributed by atoms with van der Waals surface area (Å²) in [5.41, 5.74) is 7.36.